The summed E-state index contributed by atoms with van der Waals surface area (Å²) in [7, 11) is 0. The molecule has 0 spiro atoms. The summed E-state index contributed by atoms with van der Waals surface area (Å²) < 4.78 is 0. The Balaban J connectivity index is 1.94. The van der Waals surface area contributed by atoms with E-state index in [0.717, 1.165) is 55.5 Å². The number of aliphatic hydroxyl groups excluding tert-OH is 1. The zero-order valence-electron chi connectivity index (χ0n) is 22.3. The number of fused-ring (bicyclic) bond motifs is 1. The van der Waals surface area contributed by atoms with Crippen molar-refractivity contribution >= 4 is 23.2 Å². The summed E-state index contributed by atoms with van der Waals surface area (Å²) in [4.78, 5) is 34.0. The minimum Gasteiger partial charge on any atom is -0.392 e. The first kappa shape index (κ1) is 27.4. The lowest BCUT2D eigenvalue weighted by Gasteiger charge is -2.27. The first-order valence-corrected chi connectivity index (χ1v) is 13.6. The van der Waals surface area contributed by atoms with Crippen LogP contribution >= 0.6 is 0 Å². The molecule has 1 aliphatic carbocycles. The normalized spacial score (nSPS) is 20.1. The average molecular weight is 484 g/mol. The molecular formula is C29H45N3O3. The summed E-state index contributed by atoms with van der Waals surface area (Å²) in [5, 5.41) is 13.8. The highest BCUT2D eigenvalue weighted by atomic mass is 16.3. The summed E-state index contributed by atoms with van der Waals surface area (Å²) in [6.45, 7) is 11.2. The van der Waals surface area contributed by atoms with Crippen LogP contribution in [-0.2, 0) is 9.59 Å². The number of aliphatic imine (C=N–C) groups is 1. The predicted octanol–water partition coefficient (Wildman–Crippen LogP) is 5.47. The summed E-state index contributed by atoms with van der Waals surface area (Å²) >= 11 is 0. The van der Waals surface area contributed by atoms with E-state index < -0.39 is 18.2 Å². The van der Waals surface area contributed by atoms with E-state index in [9.17, 15) is 14.7 Å². The Hall–Kier alpha value is -2.21. The minimum atomic E-state index is -0.982. The Morgan fingerprint density at radius 1 is 1.17 bits per heavy atom. The van der Waals surface area contributed by atoms with E-state index >= 15 is 0 Å². The van der Waals surface area contributed by atoms with Crippen LogP contribution in [-0.4, -0.2) is 41.4 Å². The molecule has 1 heterocycles. The van der Waals surface area contributed by atoms with Crippen LogP contribution in [0, 0.1) is 17.3 Å². The van der Waals surface area contributed by atoms with E-state index in [-0.39, 0.29) is 17.2 Å². The second-order valence-corrected chi connectivity index (χ2v) is 11.6. The van der Waals surface area contributed by atoms with Crippen LogP contribution in [0.5, 0.6) is 0 Å². The molecule has 0 saturated heterocycles. The molecular weight excluding hydrogens is 438 g/mol. The Bertz CT molecular complexity index is 901. The number of nitrogens with zero attached hydrogens (tertiary/aromatic N) is 2. The van der Waals surface area contributed by atoms with Crippen LogP contribution < -0.4 is 10.2 Å². The Morgan fingerprint density at radius 3 is 2.49 bits per heavy atom. The molecule has 2 aliphatic rings. The van der Waals surface area contributed by atoms with E-state index in [0.29, 0.717) is 31.7 Å². The number of aliphatic hydroxyl groups is 1. The zero-order chi connectivity index (χ0) is 25.6. The van der Waals surface area contributed by atoms with Gasteiger partial charge in [0.15, 0.2) is 0 Å². The first-order chi connectivity index (χ1) is 16.6. The number of benzodiazepines with no additional fused rings is 1. The van der Waals surface area contributed by atoms with Gasteiger partial charge in [0.2, 0.25) is 12.1 Å². The fourth-order valence-corrected chi connectivity index (χ4v) is 4.79. The van der Waals surface area contributed by atoms with Gasteiger partial charge in [-0.1, -0.05) is 84.9 Å². The minimum absolute atomic E-state index is 0.0347. The van der Waals surface area contributed by atoms with Crippen molar-refractivity contribution in [3.05, 3.63) is 29.8 Å². The van der Waals surface area contributed by atoms with Crippen molar-refractivity contribution in [3.8, 4) is 0 Å². The van der Waals surface area contributed by atoms with Crippen molar-refractivity contribution in [2.24, 2.45) is 22.2 Å². The summed E-state index contributed by atoms with van der Waals surface area (Å²) in [6, 6.07) is 7.94. The number of carbonyl (C=O) groups excluding carboxylic acids is 2. The van der Waals surface area contributed by atoms with Crippen LogP contribution in [0.4, 0.5) is 5.69 Å². The van der Waals surface area contributed by atoms with Crippen molar-refractivity contribution in [3.63, 3.8) is 0 Å². The average Bonchev–Trinajstić information content (AvgIpc) is 3.64. The van der Waals surface area contributed by atoms with E-state index in [4.69, 9.17) is 4.99 Å². The van der Waals surface area contributed by atoms with Crippen molar-refractivity contribution in [2.75, 3.05) is 11.4 Å². The molecule has 0 radical (unpaired) electrons. The third-order valence-corrected chi connectivity index (χ3v) is 6.94. The van der Waals surface area contributed by atoms with Gasteiger partial charge in [0.05, 0.1) is 17.7 Å². The van der Waals surface area contributed by atoms with Crippen molar-refractivity contribution in [1.29, 1.82) is 0 Å². The summed E-state index contributed by atoms with van der Waals surface area (Å²) in [6.07, 6.45) is 6.21. The number of nitrogens with one attached hydrogen (secondary N) is 1. The van der Waals surface area contributed by atoms with Crippen LogP contribution in [0.15, 0.2) is 29.3 Å². The second kappa shape index (κ2) is 12.2. The van der Waals surface area contributed by atoms with Gasteiger partial charge in [-0.3, -0.25) is 14.6 Å². The van der Waals surface area contributed by atoms with Gasteiger partial charge in [-0.2, -0.15) is 0 Å². The van der Waals surface area contributed by atoms with Gasteiger partial charge < -0.3 is 15.3 Å². The highest BCUT2D eigenvalue weighted by Gasteiger charge is 2.38. The van der Waals surface area contributed by atoms with Crippen molar-refractivity contribution < 1.29 is 14.7 Å². The molecule has 2 amide bonds. The molecule has 6 heteroatoms. The zero-order valence-corrected chi connectivity index (χ0v) is 22.3. The van der Waals surface area contributed by atoms with Crippen molar-refractivity contribution in [2.45, 2.75) is 105 Å². The van der Waals surface area contributed by atoms with Gasteiger partial charge in [0.1, 0.15) is 0 Å². The molecule has 1 saturated carbocycles. The number of hydrogen-bond donors (Lipinski definition) is 2. The summed E-state index contributed by atoms with van der Waals surface area (Å²) in [5.74, 6) is -0.453. The van der Waals surface area contributed by atoms with E-state index in [1.165, 1.54) is 0 Å². The standard InChI is InChI=1S/C29H45N3O3/c1-6-8-14-25(33)22(18-20-15-16-20)27(34)31-26-28(35)32(17-9-7-2)24-13-11-10-12-21(24)23(30-26)19-29(3,4)5/h10-13,20,22,25-26,33H,6-9,14-19H2,1-5H3,(H,31,34)/t22-,25+,26-/m1/s1. The van der Waals surface area contributed by atoms with Gasteiger partial charge in [-0.15, -0.1) is 0 Å². The molecule has 1 aliphatic heterocycles. The Kier molecular flexibility index (Phi) is 9.51. The SMILES string of the molecule is CCCC[C@H](O)[C@@H](CC1CC1)C(=O)N[C@H]1N=C(CC(C)(C)C)c2ccccc2N(CCCC)C1=O. The lowest BCUT2D eigenvalue weighted by Crippen LogP contribution is -2.50. The maximum atomic E-state index is 13.8. The van der Waals surface area contributed by atoms with Crippen molar-refractivity contribution in [1.82, 2.24) is 5.32 Å². The number of rotatable bonds is 12. The third kappa shape index (κ3) is 7.63. The van der Waals surface area contributed by atoms with Crippen LogP contribution in [0.1, 0.15) is 98.0 Å². The number of para-hydroxylation sites is 1. The van der Waals surface area contributed by atoms with Gasteiger partial charge in [0.25, 0.3) is 5.91 Å². The largest absolute Gasteiger partial charge is 0.392 e. The number of hydrogen-bond acceptors (Lipinski definition) is 4. The Labute approximate surface area is 211 Å². The molecule has 6 nitrogen and oxygen atoms in total. The smallest absolute Gasteiger partial charge is 0.272 e. The molecule has 0 unspecified atom stereocenters. The maximum Gasteiger partial charge on any atom is 0.272 e. The van der Waals surface area contributed by atoms with Gasteiger partial charge in [-0.05, 0) is 43.1 Å². The molecule has 3 rings (SSSR count). The molecule has 194 valence electrons. The van der Waals surface area contributed by atoms with Gasteiger partial charge in [0, 0.05) is 17.8 Å². The first-order valence-electron chi connectivity index (χ1n) is 13.6. The lowest BCUT2D eigenvalue weighted by atomic mass is 9.87. The number of carbonyl (C=O) groups is 2. The molecule has 1 aromatic carbocycles. The lowest BCUT2D eigenvalue weighted by molar-refractivity contribution is -0.133. The highest BCUT2D eigenvalue weighted by Crippen LogP contribution is 2.37. The van der Waals surface area contributed by atoms with Gasteiger partial charge in [-0.25, -0.2) is 0 Å². The molecule has 0 bridgehead atoms. The molecule has 0 aromatic heterocycles. The van der Waals surface area contributed by atoms with E-state index in [1.54, 1.807) is 4.90 Å². The molecule has 3 atom stereocenters. The second-order valence-electron chi connectivity index (χ2n) is 11.6. The number of unbranched alkanes of at least 4 members (excludes halogenated alkanes) is 2. The number of amides is 2. The van der Waals surface area contributed by atoms with Crippen LogP contribution in [0.25, 0.3) is 0 Å². The highest BCUT2D eigenvalue weighted by molar-refractivity contribution is 6.13. The molecule has 1 aromatic rings. The number of benzene rings is 1. The van der Waals surface area contributed by atoms with Crippen LogP contribution in [0.3, 0.4) is 0 Å². The van der Waals surface area contributed by atoms with Gasteiger partial charge >= 0.3 is 0 Å². The topological polar surface area (TPSA) is 82.0 Å². The Morgan fingerprint density at radius 2 is 1.86 bits per heavy atom. The third-order valence-electron chi connectivity index (χ3n) is 6.94. The fourth-order valence-electron chi connectivity index (χ4n) is 4.79. The summed E-state index contributed by atoms with van der Waals surface area (Å²) in [5.41, 5.74) is 2.63. The predicted molar refractivity (Wildman–Crippen MR) is 143 cm³/mol. The molecule has 35 heavy (non-hydrogen) atoms. The quantitative estimate of drug-likeness (QED) is 0.414. The van der Waals surface area contributed by atoms with Crippen LogP contribution in [0.2, 0.25) is 0 Å². The molecule has 1 fully saturated rings. The van der Waals surface area contributed by atoms with E-state index in [2.05, 4.69) is 39.9 Å². The number of anilines is 1. The molecule has 2 N–H and O–H groups in total. The fraction of sp³-hybridized carbons (Fsp3) is 0.690. The monoisotopic (exact) mass is 483 g/mol. The maximum absolute atomic E-state index is 13.8. The van der Waals surface area contributed by atoms with E-state index in [1.807, 2.05) is 24.3 Å².